The van der Waals surface area contributed by atoms with Crippen molar-refractivity contribution in [2.24, 2.45) is 0 Å². The van der Waals surface area contributed by atoms with Gasteiger partial charge in [0, 0.05) is 11.6 Å². The summed E-state index contributed by atoms with van der Waals surface area (Å²) in [6, 6.07) is 9.49. The van der Waals surface area contributed by atoms with Crippen molar-refractivity contribution in [1.82, 2.24) is 5.16 Å². The number of carbonyl (C=O) groups excluding carboxylic acids is 1. The van der Waals surface area contributed by atoms with E-state index in [2.05, 4.69) is 5.16 Å². The van der Waals surface area contributed by atoms with Crippen LogP contribution in [0.25, 0.3) is 11.3 Å². The smallest absolute Gasteiger partial charge is 0.344 e. The van der Waals surface area contributed by atoms with Crippen LogP contribution >= 0.6 is 23.2 Å². The lowest BCUT2D eigenvalue weighted by Crippen LogP contribution is -2.10. The van der Waals surface area contributed by atoms with E-state index >= 15 is 0 Å². The van der Waals surface area contributed by atoms with Gasteiger partial charge in [-0.1, -0.05) is 34.4 Å². The fourth-order valence-corrected chi connectivity index (χ4v) is 2.37. The minimum Gasteiger partial charge on any atom is -0.455 e. The Morgan fingerprint density at radius 3 is 2.48 bits per heavy atom. The van der Waals surface area contributed by atoms with Crippen LogP contribution in [0.1, 0.15) is 16.1 Å². The SMILES string of the molecule is O=C(OCc1cc(-c2ccc(Cl)c(Cl)c2)on1)c1c(F)cccc1F. The first-order valence-electron chi connectivity index (χ1n) is 6.98. The maximum absolute atomic E-state index is 13.5. The second kappa shape index (κ2) is 7.21. The molecule has 128 valence electrons. The maximum Gasteiger partial charge on any atom is 0.344 e. The molecule has 0 fully saturated rings. The van der Waals surface area contributed by atoms with Crippen molar-refractivity contribution in [3.63, 3.8) is 0 Å². The Labute approximate surface area is 150 Å². The van der Waals surface area contributed by atoms with Crippen LogP contribution in [0.4, 0.5) is 8.78 Å². The number of esters is 1. The molecule has 4 nitrogen and oxygen atoms in total. The summed E-state index contributed by atoms with van der Waals surface area (Å²) >= 11 is 11.8. The lowest BCUT2D eigenvalue weighted by Gasteiger charge is -2.04. The van der Waals surface area contributed by atoms with Gasteiger partial charge in [0.15, 0.2) is 5.76 Å². The average molecular weight is 384 g/mol. The van der Waals surface area contributed by atoms with E-state index in [0.29, 0.717) is 21.4 Å². The largest absolute Gasteiger partial charge is 0.455 e. The second-order valence-corrected chi connectivity index (χ2v) is 5.80. The first kappa shape index (κ1) is 17.4. The predicted octanol–water partition coefficient (Wildman–Crippen LogP) is 5.28. The van der Waals surface area contributed by atoms with Gasteiger partial charge in [0.25, 0.3) is 0 Å². The summed E-state index contributed by atoms with van der Waals surface area (Å²) in [4.78, 5) is 11.8. The quantitative estimate of drug-likeness (QED) is 0.574. The van der Waals surface area contributed by atoms with Crippen molar-refractivity contribution in [2.45, 2.75) is 6.61 Å². The summed E-state index contributed by atoms with van der Waals surface area (Å²) in [5.41, 5.74) is 0.140. The molecular formula is C17H9Cl2F2NO3. The topological polar surface area (TPSA) is 52.3 Å². The predicted molar refractivity (Wildman–Crippen MR) is 87.4 cm³/mol. The van der Waals surface area contributed by atoms with Gasteiger partial charge in [-0.3, -0.25) is 0 Å². The van der Waals surface area contributed by atoms with Crippen molar-refractivity contribution in [3.8, 4) is 11.3 Å². The van der Waals surface area contributed by atoms with Crippen molar-refractivity contribution < 1.29 is 22.8 Å². The van der Waals surface area contributed by atoms with Gasteiger partial charge in [-0.2, -0.15) is 0 Å². The maximum atomic E-state index is 13.5. The minimum atomic E-state index is -1.13. The van der Waals surface area contributed by atoms with Crippen LogP contribution < -0.4 is 0 Å². The van der Waals surface area contributed by atoms with E-state index in [-0.39, 0.29) is 12.3 Å². The minimum absolute atomic E-state index is 0.270. The van der Waals surface area contributed by atoms with E-state index in [4.69, 9.17) is 32.5 Å². The molecule has 0 saturated heterocycles. The number of hydrogen-bond donors (Lipinski definition) is 0. The molecule has 0 aliphatic rings. The molecule has 0 unspecified atom stereocenters. The molecule has 0 radical (unpaired) electrons. The van der Waals surface area contributed by atoms with E-state index in [1.54, 1.807) is 18.2 Å². The second-order valence-electron chi connectivity index (χ2n) is 4.98. The number of hydrogen-bond acceptors (Lipinski definition) is 4. The molecule has 0 aliphatic heterocycles. The highest BCUT2D eigenvalue weighted by Gasteiger charge is 2.19. The van der Waals surface area contributed by atoms with Crippen molar-refractivity contribution in [3.05, 3.63) is 75.4 Å². The molecule has 0 bridgehead atoms. The van der Waals surface area contributed by atoms with Gasteiger partial charge in [0.05, 0.1) is 10.0 Å². The van der Waals surface area contributed by atoms with Gasteiger partial charge >= 0.3 is 5.97 Å². The van der Waals surface area contributed by atoms with Crippen molar-refractivity contribution >= 4 is 29.2 Å². The first-order valence-corrected chi connectivity index (χ1v) is 7.73. The Morgan fingerprint density at radius 1 is 1.08 bits per heavy atom. The summed E-state index contributed by atoms with van der Waals surface area (Å²) in [5.74, 6) is -2.75. The van der Waals surface area contributed by atoms with Gasteiger partial charge in [-0.15, -0.1) is 0 Å². The normalized spacial score (nSPS) is 10.7. The number of aromatic nitrogens is 1. The van der Waals surface area contributed by atoms with Crippen LogP contribution in [0.15, 0.2) is 47.0 Å². The molecule has 0 amide bonds. The zero-order valence-electron chi connectivity index (χ0n) is 12.4. The summed E-state index contributed by atoms with van der Waals surface area (Å²) in [6.45, 7) is -0.308. The molecule has 1 heterocycles. The molecule has 0 aliphatic carbocycles. The van der Waals surface area contributed by atoms with Crippen molar-refractivity contribution in [1.29, 1.82) is 0 Å². The highest BCUT2D eigenvalue weighted by molar-refractivity contribution is 6.42. The van der Waals surface area contributed by atoms with Crippen LogP contribution in [-0.2, 0) is 11.3 Å². The number of rotatable bonds is 4. The van der Waals surface area contributed by atoms with Crippen LogP contribution in [0, 0.1) is 11.6 Å². The Bertz CT molecular complexity index is 923. The monoisotopic (exact) mass is 383 g/mol. The van der Waals surface area contributed by atoms with E-state index in [1.807, 2.05) is 0 Å². The van der Waals surface area contributed by atoms with E-state index in [0.717, 1.165) is 18.2 Å². The Kier molecular flexibility index (Phi) is 5.01. The lowest BCUT2D eigenvalue weighted by atomic mass is 10.1. The standard InChI is InChI=1S/C17H9Cl2F2NO3/c18-11-5-4-9(6-12(11)19)15-7-10(22-25-15)8-24-17(23)16-13(20)2-1-3-14(16)21/h1-7H,8H2. The van der Waals surface area contributed by atoms with Crippen LogP contribution in [0.2, 0.25) is 10.0 Å². The summed E-state index contributed by atoms with van der Waals surface area (Å²) < 4.78 is 37.1. The fourth-order valence-electron chi connectivity index (χ4n) is 2.07. The molecule has 3 aromatic rings. The summed E-state index contributed by atoms with van der Waals surface area (Å²) in [7, 11) is 0. The van der Waals surface area contributed by atoms with Gasteiger partial charge < -0.3 is 9.26 Å². The fraction of sp³-hybridized carbons (Fsp3) is 0.0588. The molecule has 0 spiro atoms. The Morgan fingerprint density at radius 2 is 1.80 bits per heavy atom. The van der Waals surface area contributed by atoms with E-state index in [9.17, 15) is 13.6 Å². The summed E-state index contributed by atoms with van der Waals surface area (Å²) in [5, 5.41) is 4.48. The van der Waals surface area contributed by atoms with Gasteiger partial charge in [0.2, 0.25) is 0 Å². The molecule has 3 rings (SSSR count). The third kappa shape index (κ3) is 3.81. The number of nitrogens with zero attached hydrogens (tertiary/aromatic N) is 1. The third-order valence-electron chi connectivity index (χ3n) is 3.28. The van der Waals surface area contributed by atoms with Crippen LogP contribution in [0.5, 0.6) is 0 Å². The molecular weight excluding hydrogens is 375 g/mol. The zero-order valence-corrected chi connectivity index (χ0v) is 13.9. The van der Waals surface area contributed by atoms with Crippen LogP contribution in [-0.4, -0.2) is 11.1 Å². The molecule has 1 aromatic heterocycles. The molecule has 0 saturated carbocycles. The Balaban J connectivity index is 1.71. The first-order chi connectivity index (χ1) is 12.0. The molecule has 25 heavy (non-hydrogen) atoms. The molecule has 2 aromatic carbocycles. The lowest BCUT2D eigenvalue weighted by molar-refractivity contribution is 0.0453. The number of carbonyl (C=O) groups is 1. The van der Waals surface area contributed by atoms with E-state index in [1.165, 1.54) is 6.07 Å². The number of ether oxygens (including phenoxy) is 1. The highest BCUT2D eigenvalue weighted by Crippen LogP contribution is 2.29. The van der Waals surface area contributed by atoms with Gasteiger partial charge in [0.1, 0.15) is 29.5 Å². The summed E-state index contributed by atoms with van der Waals surface area (Å²) in [6.07, 6.45) is 0. The van der Waals surface area contributed by atoms with Gasteiger partial charge in [-0.05, 0) is 30.3 Å². The Hall–Kier alpha value is -2.44. The molecule has 0 N–H and O–H groups in total. The molecule has 8 heteroatoms. The highest BCUT2D eigenvalue weighted by atomic mass is 35.5. The third-order valence-corrected chi connectivity index (χ3v) is 4.02. The van der Waals surface area contributed by atoms with E-state index < -0.39 is 23.2 Å². The van der Waals surface area contributed by atoms with Crippen LogP contribution in [0.3, 0.4) is 0 Å². The van der Waals surface area contributed by atoms with Gasteiger partial charge in [-0.25, -0.2) is 13.6 Å². The zero-order chi connectivity index (χ0) is 18.0. The molecule has 0 atom stereocenters. The number of benzene rings is 2. The number of halogens is 4. The average Bonchev–Trinajstić information content (AvgIpc) is 3.04. The van der Waals surface area contributed by atoms with Crippen molar-refractivity contribution in [2.75, 3.05) is 0 Å².